The number of carboxylic acids is 1. The molecule has 1 fully saturated rings. The van der Waals surface area contributed by atoms with Crippen LogP contribution in [0.4, 0.5) is 0 Å². The summed E-state index contributed by atoms with van der Waals surface area (Å²) in [7, 11) is 0. The van der Waals surface area contributed by atoms with Crippen molar-refractivity contribution in [3.8, 4) is 0 Å². The molecule has 1 aromatic heterocycles. The van der Waals surface area contributed by atoms with Gasteiger partial charge in [0.15, 0.2) is 0 Å². The lowest BCUT2D eigenvalue weighted by Crippen LogP contribution is -2.54. The fourth-order valence-electron chi connectivity index (χ4n) is 3.26. The number of amides is 1. The molecule has 126 valence electrons. The highest BCUT2D eigenvalue weighted by molar-refractivity contribution is 6.06. The number of benzene rings is 1. The average molecular weight is 327 g/mol. The van der Waals surface area contributed by atoms with Gasteiger partial charge in [-0.3, -0.25) is 19.5 Å². The monoisotopic (exact) mass is 327 g/mol. The SMILES string of the molecule is CCN(CC(=O)O)C1CC(NC(=O)c2cccc3cnccc23)C1. The third kappa shape index (κ3) is 3.38. The van der Waals surface area contributed by atoms with E-state index in [2.05, 4.69) is 10.3 Å². The van der Waals surface area contributed by atoms with Crippen LogP contribution in [0.3, 0.4) is 0 Å². The number of likely N-dealkylation sites (N-methyl/N-ethyl adjacent to an activating group) is 1. The maximum Gasteiger partial charge on any atom is 0.317 e. The van der Waals surface area contributed by atoms with E-state index in [1.54, 1.807) is 12.4 Å². The number of carbonyl (C=O) groups excluding carboxylic acids is 1. The van der Waals surface area contributed by atoms with E-state index < -0.39 is 5.97 Å². The van der Waals surface area contributed by atoms with Crippen molar-refractivity contribution >= 4 is 22.6 Å². The van der Waals surface area contributed by atoms with Crippen molar-refractivity contribution in [3.05, 3.63) is 42.2 Å². The number of hydrogen-bond acceptors (Lipinski definition) is 4. The van der Waals surface area contributed by atoms with E-state index in [4.69, 9.17) is 5.11 Å². The van der Waals surface area contributed by atoms with Crippen molar-refractivity contribution in [3.63, 3.8) is 0 Å². The van der Waals surface area contributed by atoms with Crippen LogP contribution in [0.15, 0.2) is 36.7 Å². The minimum absolute atomic E-state index is 0.0537. The summed E-state index contributed by atoms with van der Waals surface area (Å²) >= 11 is 0. The molecule has 1 aromatic carbocycles. The summed E-state index contributed by atoms with van der Waals surface area (Å²) in [5.41, 5.74) is 0.649. The summed E-state index contributed by atoms with van der Waals surface area (Å²) < 4.78 is 0. The first kappa shape index (κ1) is 16.4. The highest BCUT2D eigenvalue weighted by atomic mass is 16.4. The number of carboxylic acid groups (broad SMARTS) is 1. The van der Waals surface area contributed by atoms with Gasteiger partial charge in [0.1, 0.15) is 0 Å². The molecule has 0 unspecified atom stereocenters. The van der Waals surface area contributed by atoms with Crippen molar-refractivity contribution in [1.29, 1.82) is 0 Å². The van der Waals surface area contributed by atoms with Crippen molar-refractivity contribution in [2.45, 2.75) is 31.8 Å². The molecule has 1 heterocycles. The Morgan fingerprint density at radius 1 is 1.33 bits per heavy atom. The summed E-state index contributed by atoms with van der Waals surface area (Å²) in [4.78, 5) is 29.4. The Hall–Kier alpha value is -2.47. The lowest BCUT2D eigenvalue weighted by molar-refractivity contribution is -0.139. The molecule has 6 nitrogen and oxygen atoms in total. The Labute approximate surface area is 140 Å². The van der Waals surface area contributed by atoms with E-state index in [0.29, 0.717) is 12.1 Å². The number of hydrogen-bond donors (Lipinski definition) is 2. The van der Waals surface area contributed by atoms with E-state index in [1.165, 1.54) is 0 Å². The van der Waals surface area contributed by atoms with Crippen LogP contribution in [-0.2, 0) is 4.79 Å². The second-order valence-corrected chi connectivity index (χ2v) is 6.15. The second kappa shape index (κ2) is 6.97. The Bertz CT molecular complexity index is 751. The van der Waals surface area contributed by atoms with Gasteiger partial charge in [-0.2, -0.15) is 0 Å². The van der Waals surface area contributed by atoms with Crippen LogP contribution < -0.4 is 5.32 Å². The van der Waals surface area contributed by atoms with Gasteiger partial charge in [0.05, 0.1) is 6.54 Å². The van der Waals surface area contributed by atoms with Gasteiger partial charge in [0.25, 0.3) is 5.91 Å². The molecule has 0 spiro atoms. The van der Waals surface area contributed by atoms with Crippen LogP contribution in [0.2, 0.25) is 0 Å². The zero-order chi connectivity index (χ0) is 17.1. The van der Waals surface area contributed by atoms with Crippen LogP contribution in [0.25, 0.3) is 10.8 Å². The molecule has 0 atom stereocenters. The minimum atomic E-state index is -0.811. The van der Waals surface area contributed by atoms with E-state index in [-0.39, 0.29) is 24.5 Å². The first-order valence-corrected chi connectivity index (χ1v) is 8.18. The van der Waals surface area contributed by atoms with Gasteiger partial charge in [-0.25, -0.2) is 0 Å². The zero-order valence-electron chi connectivity index (χ0n) is 13.6. The first-order chi connectivity index (χ1) is 11.6. The highest BCUT2D eigenvalue weighted by Gasteiger charge is 2.34. The molecule has 6 heteroatoms. The van der Waals surface area contributed by atoms with Crippen LogP contribution in [-0.4, -0.2) is 52.0 Å². The van der Waals surface area contributed by atoms with E-state index in [9.17, 15) is 9.59 Å². The third-order valence-corrected chi connectivity index (χ3v) is 4.63. The van der Waals surface area contributed by atoms with Crippen LogP contribution >= 0.6 is 0 Å². The zero-order valence-corrected chi connectivity index (χ0v) is 13.6. The smallest absolute Gasteiger partial charge is 0.317 e. The van der Waals surface area contributed by atoms with Crippen molar-refractivity contribution < 1.29 is 14.7 Å². The molecule has 0 aliphatic heterocycles. The van der Waals surface area contributed by atoms with Crippen LogP contribution in [0.1, 0.15) is 30.1 Å². The fourth-order valence-corrected chi connectivity index (χ4v) is 3.26. The summed E-state index contributed by atoms with van der Waals surface area (Å²) in [6, 6.07) is 7.78. The highest BCUT2D eigenvalue weighted by Crippen LogP contribution is 2.26. The van der Waals surface area contributed by atoms with Crippen molar-refractivity contribution in [2.75, 3.05) is 13.1 Å². The maximum atomic E-state index is 12.5. The number of fused-ring (bicyclic) bond motifs is 1. The van der Waals surface area contributed by atoms with Gasteiger partial charge in [-0.1, -0.05) is 19.1 Å². The summed E-state index contributed by atoms with van der Waals surface area (Å²) in [5.74, 6) is -0.898. The van der Waals surface area contributed by atoms with Gasteiger partial charge in [-0.05, 0) is 36.9 Å². The Morgan fingerprint density at radius 3 is 2.83 bits per heavy atom. The molecular weight excluding hydrogens is 306 g/mol. The molecule has 2 N–H and O–H groups in total. The van der Waals surface area contributed by atoms with E-state index >= 15 is 0 Å². The number of rotatable bonds is 6. The quantitative estimate of drug-likeness (QED) is 0.847. The van der Waals surface area contributed by atoms with Gasteiger partial charge < -0.3 is 10.4 Å². The summed E-state index contributed by atoms with van der Waals surface area (Å²) in [6.07, 6.45) is 5.01. The first-order valence-electron chi connectivity index (χ1n) is 8.18. The van der Waals surface area contributed by atoms with E-state index in [1.807, 2.05) is 36.1 Å². The third-order valence-electron chi connectivity index (χ3n) is 4.63. The predicted octanol–water partition coefficient (Wildman–Crippen LogP) is 1.90. The maximum absolute atomic E-state index is 12.5. The molecule has 24 heavy (non-hydrogen) atoms. The van der Waals surface area contributed by atoms with Gasteiger partial charge >= 0.3 is 5.97 Å². The minimum Gasteiger partial charge on any atom is -0.480 e. The molecule has 1 saturated carbocycles. The molecule has 0 saturated heterocycles. The molecular formula is C18H21N3O3. The molecule has 1 amide bonds. The summed E-state index contributed by atoms with van der Waals surface area (Å²) in [5, 5.41) is 13.8. The van der Waals surface area contributed by atoms with Gasteiger partial charge in [-0.15, -0.1) is 0 Å². The number of nitrogens with zero attached hydrogens (tertiary/aromatic N) is 2. The van der Waals surface area contributed by atoms with Gasteiger partial charge in [0.2, 0.25) is 0 Å². The van der Waals surface area contributed by atoms with Crippen molar-refractivity contribution in [1.82, 2.24) is 15.2 Å². The Morgan fingerprint density at radius 2 is 2.12 bits per heavy atom. The average Bonchev–Trinajstić information content (AvgIpc) is 2.55. The Balaban J connectivity index is 1.62. The number of nitrogens with one attached hydrogen (secondary N) is 1. The Kier molecular flexibility index (Phi) is 4.76. The van der Waals surface area contributed by atoms with Gasteiger partial charge in [0, 0.05) is 35.4 Å². The normalized spacial score (nSPS) is 19.9. The molecule has 1 aliphatic carbocycles. The molecule has 2 aromatic rings. The molecule has 1 aliphatic rings. The molecule has 0 bridgehead atoms. The number of aliphatic carboxylic acids is 1. The topological polar surface area (TPSA) is 82.5 Å². The predicted molar refractivity (Wildman–Crippen MR) is 90.9 cm³/mol. The molecule has 0 radical (unpaired) electrons. The molecule has 3 rings (SSSR count). The standard InChI is InChI=1S/C18H21N3O3/c1-2-21(11-17(22)23)14-8-13(9-14)20-18(24)16-5-3-4-12-10-19-7-6-15(12)16/h3-7,10,13-14H,2,8-9,11H2,1H3,(H,20,24)(H,22,23). The lowest BCUT2D eigenvalue weighted by atomic mass is 9.85. The lowest BCUT2D eigenvalue weighted by Gasteiger charge is -2.42. The number of aromatic nitrogens is 1. The van der Waals surface area contributed by atoms with Crippen LogP contribution in [0.5, 0.6) is 0 Å². The largest absolute Gasteiger partial charge is 0.480 e. The van der Waals surface area contributed by atoms with Crippen molar-refractivity contribution in [2.24, 2.45) is 0 Å². The number of carbonyl (C=O) groups is 2. The number of pyridine rings is 1. The second-order valence-electron chi connectivity index (χ2n) is 6.15. The fraction of sp³-hybridized carbons (Fsp3) is 0.389. The van der Waals surface area contributed by atoms with E-state index in [0.717, 1.165) is 23.6 Å². The summed E-state index contributed by atoms with van der Waals surface area (Å²) in [6.45, 7) is 2.71. The van der Waals surface area contributed by atoms with Crippen LogP contribution in [0, 0.1) is 0 Å².